The highest BCUT2D eigenvalue weighted by atomic mass is 79.9. The summed E-state index contributed by atoms with van der Waals surface area (Å²) in [7, 11) is 1.41. The number of rotatable bonds is 5. The van der Waals surface area contributed by atoms with Crippen molar-refractivity contribution in [2.45, 2.75) is 6.92 Å². The lowest BCUT2D eigenvalue weighted by molar-refractivity contribution is -0.143. The van der Waals surface area contributed by atoms with Crippen molar-refractivity contribution >= 4 is 39.6 Å². The molecule has 2 amide bonds. The van der Waals surface area contributed by atoms with Gasteiger partial charge in [0.05, 0.1) is 17.9 Å². The van der Waals surface area contributed by atoms with Gasteiger partial charge in [-0.2, -0.15) is 0 Å². The molecule has 8 heteroatoms. The molecule has 1 rings (SSSR count). The van der Waals surface area contributed by atoms with Gasteiger partial charge in [0.25, 0.3) is 0 Å². The van der Waals surface area contributed by atoms with Crippen LogP contribution in [0.25, 0.3) is 0 Å². The van der Waals surface area contributed by atoms with Gasteiger partial charge >= 0.3 is 18.0 Å². The van der Waals surface area contributed by atoms with E-state index in [-0.39, 0.29) is 24.4 Å². The second-order valence-corrected chi connectivity index (χ2v) is 5.00. The second kappa shape index (κ2) is 7.63. The van der Waals surface area contributed by atoms with Gasteiger partial charge in [0.15, 0.2) is 0 Å². The molecule has 0 unspecified atom stereocenters. The van der Waals surface area contributed by atoms with Crippen LogP contribution >= 0.6 is 15.9 Å². The Labute approximate surface area is 130 Å². The van der Waals surface area contributed by atoms with Crippen molar-refractivity contribution in [1.29, 1.82) is 0 Å². The van der Waals surface area contributed by atoms with Gasteiger partial charge in [-0.3, -0.25) is 4.79 Å². The molecule has 7 nitrogen and oxygen atoms in total. The number of nitrogens with zero attached hydrogens (tertiary/aromatic N) is 1. The summed E-state index contributed by atoms with van der Waals surface area (Å²) < 4.78 is 5.31. The highest BCUT2D eigenvalue weighted by Crippen LogP contribution is 2.21. The first-order valence-electron chi connectivity index (χ1n) is 6.05. The Hall–Kier alpha value is -2.09. The van der Waals surface area contributed by atoms with Crippen molar-refractivity contribution < 1.29 is 24.2 Å². The number of carboxylic acid groups (broad SMARTS) is 1. The maximum Gasteiger partial charge on any atom is 0.337 e. The third kappa shape index (κ3) is 5.07. The number of carboxylic acids is 1. The van der Waals surface area contributed by atoms with Crippen LogP contribution in [0.4, 0.5) is 10.5 Å². The fraction of sp³-hybridized carbons (Fsp3) is 0.308. The third-order valence-electron chi connectivity index (χ3n) is 2.47. The predicted octanol–water partition coefficient (Wildman–Crippen LogP) is 2.17. The molecule has 0 bridgehead atoms. The number of likely N-dealkylation sites (N-methyl/N-ethyl adjacent to an activating group) is 1. The Morgan fingerprint density at radius 2 is 2.05 bits per heavy atom. The standard InChI is InChI=1S/C13H15BrN2O5/c1-3-21-11(17)7-16(2)13(20)15-10-5-4-8(14)6-9(10)12(18)19/h4-6H,3,7H2,1-2H3,(H,15,20)(H,18,19). The van der Waals surface area contributed by atoms with Crippen LogP contribution in [0.15, 0.2) is 22.7 Å². The van der Waals surface area contributed by atoms with Crippen LogP contribution in [0.1, 0.15) is 17.3 Å². The van der Waals surface area contributed by atoms with E-state index in [1.165, 1.54) is 19.2 Å². The monoisotopic (exact) mass is 358 g/mol. The van der Waals surface area contributed by atoms with E-state index < -0.39 is 18.0 Å². The molecule has 0 saturated heterocycles. The molecule has 0 aliphatic carbocycles. The number of carbonyl (C=O) groups is 3. The maximum absolute atomic E-state index is 11.9. The number of nitrogens with one attached hydrogen (secondary N) is 1. The number of benzene rings is 1. The number of aromatic carboxylic acids is 1. The highest BCUT2D eigenvalue weighted by Gasteiger charge is 2.17. The van der Waals surface area contributed by atoms with E-state index in [2.05, 4.69) is 21.2 Å². The average molecular weight is 359 g/mol. The van der Waals surface area contributed by atoms with E-state index in [1.54, 1.807) is 13.0 Å². The largest absolute Gasteiger partial charge is 0.478 e. The van der Waals surface area contributed by atoms with Gasteiger partial charge in [0.2, 0.25) is 0 Å². The number of halogens is 1. The van der Waals surface area contributed by atoms with Gasteiger partial charge < -0.3 is 20.1 Å². The van der Waals surface area contributed by atoms with Crippen molar-refractivity contribution in [2.24, 2.45) is 0 Å². The first-order chi connectivity index (χ1) is 9.85. The second-order valence-electron chi connectivity index (χ2n) is 4.09. The number of hydrogen-bond acceptors (Lipinski definition) is 4. The highest BCUT2D eigenvalue weighted by molar-refractivity contribution is 9.10. The molecule has 0 fully saturated rings. The van der Waals surface area contributed by atoms with E-state index >= 15 is 0 Å². The van der Waals surface area contributed by atoms with Crippen LogP contribution in [0.3, 0.4) is 0 Å². The molecule has 21 heavy (non-hydrogen) atoms. The molecule has 0 aliphatic heterocycles. The van der Waals surface area contributed by atoms with Gasteiger partial charge in [0.1, 0.15) is 6.54 Å². The van der Waals surface area contributed by atoms with Crippen molar-refractivity contribution in [3.63, 3.8) is 0 Å². The van der Waals surface area contributed by atoms with Crippen LogP contribution in [0.2, 0.25) is 0 Å². The predicted molar refractivity (Wildman–Crippen MR) is 79.4 cm³/mol. The summed E-state index contributed by atoms with van der Waals surface area (Å²) in [6, 6.07) is 3.84. The lowest BCUT2D eigenvalue weighted by atomic mass is 10.2. The molecule has 1 aromatic rings. The minimum absolute atomic E-state index is 0.0535. The summed E-state index contributed by atoms with van der Waals surface area (Å²) >= 11 is 3.16. The fourth-order valence-corrected chi connectivity index (χ4v) is 1.85. The molecule has 0 saturated carbocycles. The number of carbonyl (C=O) groups excluding carboxylic acids is 2. The van der Waals surface area contributed by atoms with E-state index in [0.717, 1.165) is 4.90 Å². The van der Waals surface area contributed by atoms with Gasteiger partial charge in [-0.15, -0.1) is 0 Å². The van der Waals surface area contributed by atoms with E-state index in [4.69, 9.17) is 9.84 Å². The number of anilines is 1. The lowest BCUT2D eigenvalue weighted by Crippen LogP contribution is -2.36. The van der Waals surface area contributed by atoms with Gasteiger partial charge in [-0.05, 0) is 25.1 Å². The van der Waals surface area contributed by atoms with E-state index in [9.17, 15) is 14.4 Å². The van der Waals surface area contributed by atoms with Gasteiger partial charge in [0, 0.05) is 11.5 Å². The summed E-state index contributed by atoms with van der Waals surface area (Å²) in [6.07, 6.45) is 0. The third-order valence-corrected chi connectivity index (χ3v) is 2.97. The maximum atomic E-state index is 11.9. The molecular weight excluding hydrogens is 344 g/mol. The average Bonchev–Trinajstić information content (AvgIpc) is 2.40. The number of esters is 1. The SMILES string of the molecule is CCOC(=O)CN(C)C(=O)Nc1ccc(Br)cc1C(=O)O. The van der Waals surface area contributed by atoms with E-state index in [1.807, 2.05) is 0 Å². The van der Waals surface area contributed by atoms with Crippen LogP contribution in [-0.2, 0) is 9.53 Å². The lowest BCUT2D eigenvalue weighted by Gasteiger charge is -2.17. The molecule has 0 spiro atoms. The summed E-state index contributed by atoms with van der Waals surface area (Å²) in [6.45, 7) is 1.67. The summed E-state index contributed by atoms with van der Waals surface area (Å²) in [5.41, 5.74) is 0.0914. The molecule has 0 radical (unpaired) electrons. The Kier molecular flexibility index (Phi) is 6.16. The summed E-state index contributed by atoms with van der Waals surface area (Å²) in [5, 5.41) is 11.5. The van der Waals surface area contributed by atoms with Crippen molar-refractivity contribution in [3.05, 3.63) is 28.2 Å². The van der Waals surface area contributed by atoms with Crippen LogP contribution in [-0.4, -0.2) is 48.2 Å². The fourth-order valence-electron chi connectivity index (χ4n) is 1.49. The Bertz CT molecular complexity index is 561. The molecule has 1 aromatic carbocycles. The molecule has 0 atom stereocenters. The number of ether oxygens (including phenoxy) is 1. The first kappa shape index (κ1) is 17.0. The van der Waals surface area contributed by atoms with Crippen LogP contribution in [0, 0.1) is 0 Å². The zero-order valence-corrected chi connectivity index (χ0v) is 13.1. The minimum Gasteiger partial charge on any atom is -0.478 e. The van der Waals surface area contributed by atoms with Crippen molar-refractivity contribution in [1.82, 2.24) is 4.90 Å². The smallest absolute Gasteiger partial charge is 0.337 e. The molecule has 2 N–H and O–H groups in total. The van der Waals surface area contributed by atoms with Crippen molar-refractivity contribution in [3.8, 4) is 0 Å². The Morgan fingerprint density at radius 3 is 2.62 bits per heavy atom. The Morgan fingerprint density at radius 1 is 1.38 bits per heavy atom. The summed E-state index contributed by atoms with van der Waals surface area (Å²) in [4.78, 5) is 35.4. The summed E-state index contributed by atoms with van der Waals surface area (Å²) in [5.74, 6) is -1.70. The van der Waals surface area contributed by atoms with Crippen LogP contribution in [0.5, 0.6) is 0 Å². The molecule has 0 aromatic heterocycles. The first-order valence-corrected chi connectivity index (χ1v) is 6.85. The number of amides is 2. The number of urea groups is 1. The molecular formula is C13H15BrN2O5. The molecule has 0 aliphatic rings. The zero-order chi connectivity index (χ0) is 16.0. The van der Waals surface area contributed by atoms with Crippen molar-refractivity contribution in [2.75, 3.05) is 25.5 Å². The normalized spacial score (nSPS) is 9.86. The number of hydrogen-bond donors (Lipinski definition) is 2. The topological polar surface area (TPSA) is 95.9 Å². The van der Waals surface area contributed by atoms with Crippen LogP contribution < -0.4 is 5.32 Å². The zero-order valence-electron chi connectivity index (χ0n) is 11.6. The quantitative estimate of drug-likeness (QED) is 0.786. The van der Waals surface area contributed by atoms with Gasteiger partial charge in [-0.1, -0.05) is 15.9 Å². The van der Waals surface area contributed by atoms with Gasteiger partial charge in [-0.25, -0.2) is 9.59 Å². The molecule has 114 valence electrons. The van der Waals surface area contributed by atoms with E-state index in [0.29, 0.717) is 4.47 Å². The molecule has 0 heterocycles. The minimum atomic E-state index is -1.17. The Balaban J connectivity index is 2.79.